The third kappa shape index (κ3) is 4.03. The maximum atomic E-state index is 12.0. The average molecular weight is 298 g/mol. The van der Waals surface area contributed by atoms with Crippen molar-refractivity contribution in [1.82, 2.24) is 4.90 Å². The molecule has 0 aliphatic rings. The van der Waals surface area contributed by atoms with Crippen LogP contribution in [0.4, 0.5) is 0 Å². The third-order valence-electron chi connectivity index (χ3n) is 2.49. The lowest BCUT2D eigenvalue weighted by Gasteiger charge is -2.23. The second-order valence-electron chi connectivity index (χ2n) is 3.63. The number of hydrogen-bond acceptors (Lipinski definition) is 2. The number of rotatable bonds is 3. The molecule has 0 heterocycles. The molecule has 1 amide bonds. The van der Waals surface area contributed by atoms with Crippen LogP contribution in [0.1, 0.15) is 17.3 Å². The molecule has 0 radical (unpaired) electrons. The van der Waals surface area contributed by atoms with Gasteiger partial charge in [-0.2, -0.15) is 0 Å². The Morgan fingerprint density at radius 3 is 2.47 bits per heavy atom. The Hall–Kier alpha value is -0.480. The molecule has 6 heteroatoms. The van der Waals surface area contributed by atoms with Gasteiger partial charge in [-0.15, -0.1) is 12.4 Å². The molecule has 1 unspecified atom stereocenters. The van der Waals surface area contributed by atoms with Crippen LogP contribution in [0, 0.1) is 0 Å². The summed E-state index contributed by atoms with van der Waals surface area (Å²) >= 11 is 11.6. The van der Waals surface area contributed by atoms with Gasteiger partial charge in [-0.1, -0.05) is 23.2 Å². The molecule has 96 valence electrons. The first-order chi connectivity index (χ1) is 7.47. The van der Waals surface area contributed by atoms with Crippen molar-refractivity contribution >= 4 is 41.5 Å². The highest BCUT2D eigenvalue weighted by molar-refractivity contribution is 6.42. The van der Waals surface area contributed by atoms with E-state index in [1.165, 1.54) is 0 Å². The second kappa shape index (κ2) is 7.07. The second-order valence-corrected chi connectivity index (χ2v) is 4.44. The molecule has 1 atom stereocenters. The van der Waals surface area contributed by atoms with E-state index in [0.29, 0.717) is 22.2 Å². The lowest BCUT2D eigenvalue weighted by molar-refractivity contribution is 0.0748. The van der Waals surface area contributed by atoms with Gasteiger partial charge in [-0.05, 0) is 25.1 Å². The number of benzene rings is 1. The molecule has 0 saturated carbocycles. The molecule has 1 aromatic carbocycles. The van der Waals surface area contributed by atoms with Gasteiger partial charge in [-0.25, -0.2) is 0 Å². The number of hydrogen-bond donors (Lipinski definition) is 1. The van der Waals surface area contributed by atoms with Crippen molar-refractivity contribution in [2.45, 2.75) is 13.0 Å². The van der Waals surface area contributed by atoms with Crippen LogP contribution < -0.4 is 5.73 Å². The molecule has 1 aromatic rings. The summed E-state index contributed by atoms with van der Waals surface area (Å²) in [5.41, 5.74) is 6.01. The zero-order valence-electron chi connectivity index (χ0n) is 9.61. The van der Waals surface area contributed by atoms with Crippen LogP contribution in [0.3, 0.4) is 0 Å². The summed E-state index contributed by atoms with van der Waals surface area (Å²) in [4.78, 5) is 13.6. The SMILES string of the molecule is CC(CN)N(C)C(=O)c1ccc(Cl)c(Cl)c1.Cl. The van der Waals surface area contributed by atoms with Gasteiger partial charge in [0, 0.05) is 25.2 Å². The van der Waals surface area contributed by atoms with Crippen molar-refractivity contribution < 1.29 is 4.79 Å². The lowest BCUT2D eigenvalue weighted by Crippen LogP contribution is -2.39. The maximum Gasteiger partial charge on any atom is 0.253 e. The molecule has 0 spiro atoms. The molecule has 0 fully saturated rings. The Kier molecular flexibility index (Phi) is 6.87. The van der Waals surface area contributed by atoms with Gasteiger partial charge < -0.3 is 10.6 Å². The number of carbonyl (C=O) groups excluding carboxylic acids is 1. The van der Waals surface area contributed by atoms with Crippen molar-refractivity contribution in [2.75, 3.05) is 13.6 Å². The van der Waals surface area contributed by atoms with E-state index in [2.05, 4.69) is 0 Å². The van der Waals surface area contributed by atoms with E-state index >= 15 is 0 Å². The van der Waals surface area contributed by atoms with E-state index < -0.39 is 0 Å². The smallest absolute Gasteiger partial charge is 0.253 e. The highest BCUT2D eigenvalue weighted by atomic mass is 35.5. The molecular weight excluding hydrogens is 282 g/mol. The fourth-order valence-corrected chi connectivity index (χ4v) is 1.49. The Morgan fingerprint density at radius 1 is 1.41 bits per heavy atom. The van der Waals surface area contributed by atoms with Crippen LogP contribution in [0.2, 0.25) is 10.0 Å². The summed E-state index contributed by atoms with van der Waals surface area (Å²) in [5.74, 6) is -0.114. The quantitative estimate of drug-likeness (QED) is 0.932. The van der Waals surface area contributed by atoms with E-state index in [4.69, 9.17) is 28.9 Å². The van der Waals surface area contributed by atoms with E-state index in [1.54, 1.807) is 30.1 Å². The van der Waals surface area contributed by atoms with Crippen molar-refractivity contribution in [3.8, 4) is 0 Å². The Balaban J connectivity index is 0.00000256. The summed E-state index contributed by atoms with van der Waals surface area (Å²) < 4.78 is 0. The summed E-state index contributed by atoms with van der Waals surface area (Å²) in [5, 5.41) is 0.814. The molecule has 1 rings (SSSR count). The van der Waals surface area contributed by atoms with Crippen LogP contribution in [0.25, 0.3) is 0 Å². The monoisotopic (exact) mass is 296 g/mol. The van der Waals surface area contributed by atoms with E-state index in [-0.39, 0.29) is 24.4 Å². The summed E-state index contributed by atoms with van der Waals surface area (Å²) in [6, 6.07) is 4.81. The molecule has 0 aliphatic carbocycles. The van der Waals surface area contributed by atoms with Crippen LogP contribution in [0.15, 0.2) is 18.2 Å². The first kappa shape index (κ1) is 16.5. The lowest BCUT2D eigenvalue weighted by atomic mass is 10.2. The molecular formula is C11H15Cl3N2O. The van der Waals surface area contributed by atoms with Gasteiger partial charge in [0.2, 0.25) is 0 Å². The predicted molar refractivity (Wildman–Crippen MR) is 74.3 cm³/mol. The van der Waals surface area contributed by atoms with Crippen molar-refractivity contribution in [1.29, 1.82) is 0 Å². The van der Waals surface area contributed by atoms with Crippen molar-refractivity contribution in [2.24, 2.45) is 5.73 Å². The Bertz CT molecular complexity index is 398. The standard InChI is InChI=1S/C11H14Cl2N2O.ClH/c1-7(6-14)15(2)11(16)8-3-4-9(12)10(13)5-8;/h3-5,7H,6,14H2,1-2H3;1H. The number of amides is 1. The molecule has 0 bridgehead atoms. The molecule has 0 aromatic heterocycles. The van der Waals surface area contributed by atoms with Gasteiger partial charge in [0.1, 0.15) is 0 Å². The number of nitrogens with zero attached hydrogens (tertiary/aromatic N) is 1. The van der Waals surface area contributed by atoms with Crippen LogP contribution in [-0.4, -0.2) is 30.4 Å². The fourth-order valence-electron chi connectivity index (χ4n) is 1.19. The number of carbonyl (C=O) groups is 1. The minimum absolute atomic E-state index is 0. The summed E-state index contributed by atoms with van der Waals surface area (Å²) in [6.07, 6.45) is 0. The highest BCUT2D eigenvalue weighted by Crippen LogP contribution is 2.23. The van der Waals surface area contributed by atoms with Gasteiger partial charge in [0.05, 0.1) is 10.0 Å². The zero-order chi connectivity index (χ0) is 12.3. The van der Waals surface area contributed by atoms with Gasteiger partial charge in [0.15, 0.2) is 0 Å². The van der Waals surface area contributed by atoms with E-state index in [1.807, 2.05) is 6.92 Å². The van der Waals surface area contributed by atoms with Gasteiger partial charge in [0.25, 0.3) is 5.91 Å². The Labute approximate surface area is 117 Å². The number of halogens is 3. The molecule has 0 saturated heterocycles. The third-order valence-corrected chi connectivity index (χ3v) is 3.23. The minimum atomic E-state index is -0.114. The molecule has 2 N–H and O–H groups in total. The minimum Gasteiger partial charge on any atom is -0.338 e. The fraction of sp³-hybridized carbons (Fsp3) is 0.364. The van der Waals surface area contributed by atoms with E-state index in [0.717, 1.165) is 0 Å². The zero-order valence-corrected chi connectivity index (χ0v) is 11.9. The topological polar surface area (TPSA) is 46.3 Å². The van der Waals surface area contributed by atoms with Crippen LogP contribution >= 0.6 is 35.6 Å². The molecule has 0 aliphatic heterocycles. The van der Waals surface area contributed by atoms with Gasteiger partial charge >= 0.3 is 0 Å². The normalized spacial score (nSPS) is 11.6. The number of nitrogens with two attached hydrogens (primary N) is 1. The van der Waals surface area contributed by atoms with Crippen molar-refractivity contribution in [3.63, 3.8) is 0 Å². The first-order valence-corrected chi connectivity index (χ1v) is 5.65. The van der Waals surface area contributed by atoms with Gasteiger partial charge in [-0.3, -0.25) is 4.79 Å². The van der Waals surface area contributed by atoms with Crippen LogP contribution in [-0.2, 0) is 0 Å². The highest BCUT2D eigenvalue weighted by Gasteiger charge is 2.16. The maximum absolute atomic E-state index is 12.0. The number of likely N-dealkylation sites (N-methyl/N-ethyl adjacent to an activating group) is 1. The molecule has 3 nitrogen and oxygen atoms in total. The predicted octanol–water partition coefficient (Wildman–Crippen LogP) is 2.83. The summed E-state index contributed by atoms with van der Waals surface area (Å²) in [6.45, 7) is 2.30. The average Bonchev–Trinajstić information content (AvgIpc) is 2.29. The largest absolute Gasteiger partial charge is 0.338 e. The van der Waals surface area contributed by atoms with Crippen LogP contribution in [0.5, 0.6) is 0 Å². The Morgan fingerprint density at radius 2 is 2.00 bits per heavy atom. The molecule has 17 heavy (non-hydrogen) atoms. The summed E-state index contributed by atoms with van der Waals surface area (Å²) in [7, 11) is 1.71. The van der Waals surface area contributed by atoms with E-state index in [9.17, 15) is 4.79 Å². The van der Waals surface area contributed by atoms with Crippen molar-refractivity contribution in [3.05, 3.63) is 33.8 Å². The first-order valence-electron chi connectivity index (χ1n) is 4.89.